The summed E-state index contributed by atoms with van der Waals surface area (Å²) in [6.45, 7) is 0. The third-order valence-corrected chi connectivity index (χ3v) is 2.62. The van der Waals surface area contributed by atoms with Crippen molar-refractivity contribution in [2.75, 3.05) is 0 Å². The van der Waals surface area contributed by atoms with Crippen LogP contribution in [0.4, 0.5) is 4.39 Å². The van der Waals surface area contributed by atoms with Crippen LogP contribution in [0.25, 0.3) is 0 Å². The minimum atomic E-state index is -1.53. The second-order valence-electron chi connectivity index (χ2n) is 3.98. The maximum atomic E-state index is 14.1. The van der Waals surface area contributed by atoms with Crippen LogP contribution in [0.3, 0.4) is 0 Å². The molecule has 0 heterocycles. The first-order valence-corrected chi connectivity index (χ1v) is 5.51. The van der Waals surface area contributed by atoms with Gasteiger partial charge in [-0.15, -0.1) is 0 Å². The molecular formula is C15H13FO. The third-order valence-electron chi connectivity index (χ3n) is 2.62. The summed E-state index contributed by atoms with van der Waals surface area (Å²) < 4.78 is 14.1. The predicted molar refractivity (Wildman–Crippen MR) is 66.6 cm³/mol. The Morgan fingerprint density at radius 2 is 2.00 bits per heavy atom. The summed E-state index contributed by atoms with van der Waals surface area (Å²) in [7, 11) is 0. The number of ketones is 1. The fourth-order valence-electron chi connectivity index (χ4n) is 1.65. The van der Waals surface area contributed by atoms with Gasteiger partial charge in [0.05, 0.1) is 0 Å². The minimum Gasteiger partial charge on any atom is -0.289 e. The van der Waals surface area contributed by atoms with Crippen molar-refractivity contribution >= 4 is 5.78 Å². The molecule has 86 valence electrons. The van der Waals surface area contributed by atoms with E-state index in [0.717, 1.165) is 0 Å². The molecule has 17 heavy (non-hydrogen) atoms. The average Bonchev–Trinajstić information content (AvgIpc) is 2.38. The van der Waals surface area contributed by atoms with Gasteiger partial charge in [0.25, 0.3) is 0 Å². The molecule has 2 rings (SSSR count). The lowest BCUT2D eigenvalue weighted by Gasteiger charge is -2.16. The molecule has 0 fully saturated rings. The molecule has 1 aliphatic carbocycles. The molecule has 0 aliphatic heterocycles. The largest absolute Gasteiger partial charge is 0.289 e. The van der Waals surface area contributed by atoms with E-state index in [9.17, 15) is 9.18 Å². The third kappa shape index (κ3) is 3.00. The smallest absolute Gasteiger partial charge is 0.185 e. The zero-order valence-corrected chi connectivity index (χ0v) is 9.34. The van der Waals surface area contributed by atoms with Gasteiger partial charge in [-0.05, 0) is 18.2 Å². The topological polar surface area (TPSA) is 17.1 Å². The van der Waals surface area contributed by atoms with Crippen molar-refractivity contribution in [1.29, 1.82) is 0 Å². The number of hydrogen-bond donors (Lipinski definition) is 0. The molecule has 1 nitrogen and oxygen atoms in total. The Morgan fingerprint density at radius 3 is 2.65 bits per heavy atom. The molecular weight excluding hydrogens is 215 g/mol. The number of carbonyl (C=O) groups is 1. The molecule has 0 radical (unpaired) electrons. The maximum absolute atomic E-state index is 14.1. The molecule has 0 N–H and O–H groups in total. The van der Waals surface area contributed by atoms with Crippen LogP contribution < -0.4 is 0 Å². The van der Waals surface area contributed by atoms with Crippen LogP contribution in [-0.4, -0.2) is 11.5 Å². The van der Waals surface area contributed by atoms with Crippen molar-refractivity contribution < 1.29 is 9.18 Å². The van der Waals surface area contributed by atoms with E-state index in [-0.39, 0.29) is 12.2 Å². The highest BCUT2D eigenvalue weighted by molar-refractivity contribution is 6.04. The number of benzene rings is 1. The first kappa shape index (κ1) is 11.5. The summed E-state index contributed by atoms with van der Waals surface area (Å²) >= 11 is 0. The Kier molecular flexibility index (Phi) is 3.33. The fourth-order valence-corrected chi connectivity index (χ4v) is 1.65. The number of alkyl halides is 1. The molecule has 1 unspecified atom stereocenters. The normalized spacial score (nSPS) is 23.1. The standard InChI is InChI=1S/C15H13FO/c16-15(10-5-2-6-11-15)12-9-14(17)13-7-3-1-4-8-13/h1-10,12H,11H2. The SMILES string of the molecule is O=C(C=CC1(F)C=CC=CC1)c1ccccc1. The van der Waals surface area contributed by atoms with Gasteiger partial charge in [-0.3, -0.25) is 4.79 Å². The lowest BCUT2D eigenvalue weighted by atomic mass is 9.96. The molecule has 1 aromatic carbocycles. The molecule has 2 heteroatoms. The number of hydrogen-bond acceptors (Lipinski definition) is 1. The predicted octanol–water partition coefficient (Wildman–Crippen LogP) is 3.65. The van der Waals surface area contributed by atoms with Crippen LogP contribution in [0.5, 0.6) is 0 Å². The van der Waals surface area contributed by atoms with E-state index in [1.807, 2.05) is 6.07 Å². The zero-order chi connectivity index (χ0) is 12.1. The Hall–Kier alpha value is -1.96. The van der Waals surface area contributed by atoms with Crippen LogP contribution in [0, 0.1) is 0 Å². The average molecular weight is 228 g/mol. The van der Waals surface area contributed by atoms with Gasteiger partial charge in [-0.2, -0.15) is 0 Å². The van der Waals surface area contributed by atoms with Gasteiger partial charge in [-0.1, -0.05) is 48.6 Å². The van der Waals surface area contributed by atoms with Crippen LogP contribution in [0.2, 0.25) is 0 Å². The van der Waals surface area contributed by atoms with Gasteiger partial charge in [-0.25, -0.2) is 4.39 Å². The van der Waals surface area contributed by atoms with Crippen molar-refractivity contribution in [2.24, 2.45) is 0 Å². The van der Waals surface area contributed by atoms with Crippen LogP contribution >= 0.6 is 0 Å². The number of carbonyl (C=O) groups excluding carboxylic acids is 1. The summed E-state index contributed by atoms with van der Waals surface area (Å²) in [5.74, 6) is -0.175. The highest BCUT2D eigenvalue weighted by atomic mass is 19.1. The van der Waals surface area contributed by atoms with Crippen molar-refractivity contribution in [3.63, 3.8) is 0 Å². The molecule has 0 bridgehead atoms. The van der Waals surface area contributed by atoms with E-state index in [1.165, 1.54) is 18.2 Å². The lowest BCUT2D eigenvalue weighted by Crippen LogP contribution is -2.17. The molecule has 1 aromatic rings. The van der Waals surface area contributed by atoms with Crippen LogP contribution in [0.1, 0.15) is 16.8 Å². The van der Waals surface area contributed by atoms with E-state index >= 15 is 0 Å². The van der Waals surface area contributed by atoms with E-state index < -0.39 is 5.67 Å². The quantitative estimate of drug-likeness (QED) is 0.570. The highest BCUT2D eigenvalue weighted by Crippen LogP contribution is 2.24. The van der Waals surface area contributed by atoms with E-state index in [2.05, 4.69) is 0 Å². The van der Waals surface area contributed by atoms with Gasteiger partial charge >= 0.3 is 0 Å². The molecule has 1 aliphatic rings. The highest BCUT2D eigenvalue weighted by Gasteiger charge is 2.22. The van der Waals surface area contributed by atoms with Gasteiger partial charge in [0.2, 0.25) is 0 Å². The Balaban J connectivity index is 2.09. The Labute approximate surface area is 100.0 Å². The van der Waals surface area contributed by atoms with Gasteiger partial charge in [0, 0.05) is 12.0 Å². The van der Waals surface area contributed by atoms with Gasteiger partial charge in [0.15, 0.2) is 11.5 Å². The van der Waals surface area contributed by atoms with Crippen molar-refractivity contribution in [3.05, 3.63) is 72.4 Å². The van der Waals surface area contributed by atoms with Gasteiger partial charge < -0.3 is 0 Å². The molecule has 0 saturated carbocycles. The first-order chi connectivity index (χ1) is 8.20. The summed E-state index contributed by atoms with van der Waals surface area (Å²) in [6, 6.07) is 8.85. The van der Waals surface area contributed by atoms with Crippen molar-refractivity contribution in [3.8, 4) is 0 Å². The fraction of sp³-hybridized carbons (Fsp3) is 0.133. The second-order valence-corrected chi connectivity index (χ2v) is 3.98. The van der Waals surface area contributed by atoms with Crippen molar-refractivity contribution in [1.82, 2.24) is 0 Å². The van der Waals surface area contributed by atoms with Crippen LogP contribution in [0.15, 0.2) is 66.8 Å². The minimum absolute atomic E-state index is 0.175. The van der Waals surface area contributed by atoms with Crippen LogP contribution in [-0.2, 0) is 0 Å². The number of rotatable bonds is 3. The summed E-state index contributed by atoms with van der Waals surface area (Å²) in [6.07, 6.45) is 9.56. The Bertz CT molecular complexity index is 485. The molecule has 0 saturated heterocycles. The first-order valence-electron chi connectivity index (χ1n) is 5.51. The monoisotopic (exact) mass is 228 g/mol. The number of halogens is 1. The molecule has 0 spiro atoms. The van der Waals surface area contributed by atoms with E-state index in [1.54, 1.807) is 42.5 Å². The summed E-state index contributed by atoms with van der Waals surface area (Å²) in [5.41, 5.74) is -0.957. The van der Waals surface area contributed by atoms with Crippen molar-refractivity contribution in [2.45, 2.75) is 12.1 Å². The molecule has 1 atom stereocenters. The molecule has 0 aromatic heterocycles. The summed E-state index contributed by atoms with van der Waals surface area (Å²) in [5, 5.41) is 0. The Morgan fingerprint density at radius 1 is 1.24 bits per heavy atom. The lowest BCUT2D eigenvalue weighted by molar-refractivity contribution is 0.104. The summed E-state index contributed by atoms with van der Waals surface area (Å²) in [4.78, 5) is 11.7. The van der Waals surface area contributed by atoms with Gasteiger partial charge in [0.1, 0.15) is 0 Å². The maximum Gasteiger partial charge on any atom is 0.185 e. The zero-order valence-electron chi connectivity index (χ0n) is 9.34. The van der Waals surface area contributed by atoms with E-state index in [0.29, 0.717) is 5.56 Å². The number of allylic oxidation sites excluding steroid dienone is 6. The second kappa shape index (κ2) is 4.91. The van der Waals surface area contributed by atoms with E-state index in [4.69, 9.17) is 0 Å². The molecule has 0 amide bonds.